The van der Waals surface area contributed by atoms with E-state index >= 15 is 4.57 Å². The van der Waals surface area contributed by atoms with Crippen molar-refractivity contribution in [2.45, 2.75) is 48.9 Å². The summed E-state index contributed by atoms with van der Waals surface area (Å²) in [5.74, 6) is -2.79. The zero-order chi connectivity index (χ0) is 31.1. The summed E-state index contributed by atoms with van der Waals surface area (Å²) in [5, 5.41) is 12.1. The van der Waals surface area contributed by atoms with Gasteiger partial charge >= 0.3 is 7.60 Å². The van der Waals surface area contributed by atoms with Crippen LogP contribution in [0.3, 0.4) is 0 Å². The Morgan fingerprint density at radius 1 is 0.622 bits per heavy atom. The molecule has 228 valence electrons. The lowest BCUT2D eigenvalue weighted by atomic mass is 9.72. The van der Waals surface area contributed by atoms with Gasteiger partial charge in [0.25, 0.3) is 0 Å². The molecule has 2 saturated heterocycles. The molecule has 7 rings (SSSR count). The minimum absolute atomic E-state index is 0.292. The molecule has 4 aromatic carbocycles. The summed E-state index contributed by atoms with van der Waals surface area (Å²) in [6.45, 7) is 3.71. The number of rotatable bonds is 6. The molecule has 0 spiro atoms. The number of aliphatic hydroxyl groups is 1. The number of aromatic nitrogens is 1. The monoisotopic (exact) mass is 619 g/mol. The highest BCUT2D eigenvalue weighted by atomic mass is 31.2. The van der Waals surface area contributed by atoms with Crippen molar-refractivity contribution >= 4 is 7.60 Å². The van der Waals surface area contributed by atoms with Crippen LogP contribution in [-0.2, 0) is 34.3 Å². The standard InChI is InChI=1S/C37H34NO6P/c1-35(2)41-32-33(42-35)37(30-21-11-5-12-22-30,31-23-13-6-14-24-31)44-45(40,34(39)27-16-15-25-38-26-27)43-36(32,28-17-7-3-8-18-28)29-19-9-4-10-20-29/h3-26,32-34,39H,1-2H3/t32-,33-,34-/m1/s1. The van der Waals surface area contributed by atoms with Gasteiger partial charge in [-0.3, -0.25) is 18.6 Å². The van der Waals surface area contributed by atoms with E-state index in [9.17, 15) is 5.11 Å². The van der Waals surface area contributed by atoms with Gasteiger partial charge < -0.3 is 14.6 Å². The van der Waals surface area contributed by atoms with Crippen LogP contribution < -0.4 is 0 Å². The molecular formula is C37H34NO6P. The first-order valence-corrected chi connectivity index (χ1v) is 16.6. The lowest BCUT2D eigenvalue weighted by Crippen LogP contribution is -2.53. The van der Waals surface area contributed by atoms with Crippen LogP contribution in [0, 0.1) is 0 Å². The molecule has 0 bridgehead atoms. The second-order valence-corrected chi connectivity index (χ2v) is 13.7. The molecule has 1 aromatic heterocycles. The predicted molar refractivity (Wildman–Crippen MR) is 170 cm³/mol. The smallest absolute Gasteiger partial charge is 0.366 e. The van der Waals surface area contributed by atoms with Gasteiger partial charge in [0.05, 0.1) is 0 Å². The van der Waals surface area contributed by atoms with Gasteiger partial charge in [0.15, 0.2) is 22.8 Å². The van der Waals surface area contributed by atoms with Crippen LogP contribution in [0.5, 0.6) is 0 Å². The van der Waals surface area contributed by atoms with Crippen molar-refractivity contribution in [2.75, 3.05) is 0 Å². The molecular weight excluding hydrogens is 585 g/mol. The summed E-state index contributed by atoms with van der Waals surface area (Å²) in [4.78, 5) is 4.20. The fraction of sp³-hybridized carbons (Fsp3) is 0.216. The van der Waals surface area contributed by atoms with Crippen molar-refractivity contribution in [3.63, 3.8) is 0 Å². The van der Waals surface area contributed by atoms with E-state index in [-0.39, 0.29) is 0 Å². The quantitative estimate of drug-likeness (QED) is 0.195. The maximum Gasteiger partial charge on any atom is 0.366 e. The van der Waals surface area contributed by atoms with Gasteiger partial charge in [-0.1, -0.05) is 127 Å². The van der Waals surface area contributed by atoms with Crippen LogP contribution in [0.2, 0.25) is 0 Å². The highest BCUT2D eigenvalue weighted by molar-refractivity contribution is 7.54. The molecule has 8 heteroatoms. The molecule has 2 aliphatic rings. The highest BCUT2D eigenvalue weighted by Gasteiger charge is 2.69. The second-order valence-electron chi connectivity index (χ2n) is 11.8. The van der Waals surface area contributed by atoms with Gasteiger partial charge in [-0.05, 0) is 42.2 Å². The number of nitrogens with zero attached hydrogens (tertiary/aromatic N) is 1. The third-order valence-electron chi connectivity index (χ3n) is 8.53. The number of aliphatic hydroxyl groups excluding tert-OH is 1. The zero-order valence-electron chi connectivity index (χ0n) is 25.0. The molecule has 0 radical (unpaired) electrons. The molecule has 2 aliphatic heterocycles. The molecule has 0 unspecified atom stereocenters. The number of fused-ring (bicyclic) bond motifs is 1. The first-order chi connectivity index (χ1) is 21.8. The second kappa shape index (κ2) is 11.5. The van der Waals surface area contributed by atoms with Crippen molar-refractivity contribution in [1.82, 2.24) is 4.98 Å². The van der Waals surface area contributed by atoms with Gasteiger partial charge in [0, 0.05) is 18.0 Å². The Bertz CT molecular complexity index is 1600. The average molecular weight is 620 g/mol. The Labute approximate surface area is 262 Å². The molecule has 2 fully saturated rings. The van der Waals surface area contributed by atoms with Crippen LogP contribution >= 0.6 is 7.60 Å². The number of ether oxygens (including phenoxy) is 2. The number of hydrogen-bond acceptors (Lipinski definition) is 7. The average Bonchev–Trinajstić information content (AvgIpc) is 3.39. The lowest BCUT2D eigenvalue weighted by molar-refractivity contribution is -0.176. The summed E-state index contributed by atoms with van der Waals surface area (Å²) in [6, 6.07) is 41.5. The van der Waals surface area contributed by atoms with Crippen LogP contribution in [0.4, 0.5) is 0 Å². The fourth-order valence-electron chi connectivity index (χ4n) is 6.63. The summed E-state index contributed by atoms with van der Waals surface area (Å²) >= 11 is 0. The van der Waals surface area contributed by atoms with Crippen LogP contribution in [0.15, 0.2) is 146 Å². The zero-order valence-corrected chi connectivity index (χ0v) is 25.9. The number of hydrogen-bond donors (Lipinski definition) is 1. The van der Waals surface area contributed by atoms with Crippen molar-refractivity contribution in [3.05, 3.63) is 174 Å². The summed E-state index contributed by atoms with van der Waals surface area (Å²) < 4.78 is 43.7. The van der Waals surface area contributed by atoms with Crippen molar-refractivity contribution in [3.8, 4) is 0 Å². The maximum atomic E-state index is 15.8. The third-order valence-corrected chi connectivity index (χ3v) is 10.5. The molecule has 7 nitrogen and oxygen atoms in total. The molecule has 0 amide bonds. The van der Waals surface area contributed by atoms with Crippen LogP contribution in [0.25, 0.3) is 0 Å². The summed E-state index contributed by atoms with van der Waals surface area (Å²) in [5.41, 5.74) is -0.118. The molecule has 0 saturated carbocycles. The summed E-state index contributed by atoms with van der Waals surface area (Å²) in [6.07, 6.45) is 1.24. The first-order valence-electron chi connectivity index (χ1n) is 15.0. The van der Waals surface area contributed by atoms with Gasteiger partial charge in [0.1, 0.15) is 12.2 Å². The van der Waals surface area contributed by atoms with Crippen molar-refractivity contribution < 1.29 is 28.2 Å². The molecule has 45 heavy (non-hydrogen) atoms. The largest absolute Gasteiger partial charge is 0.376 e. The minimum atomic E-state index is -4.61. The van der Waals surface area contributed by atoms with Crippen LogP contribution in [0.1, 0.15) is 47.5 Å². The van der Waals surface area contributed by atoms with Gasteiger partial charge in [-0.25, -0.2) is 0 Å². The first kappa shape index (κ1) is 29.8. The van der Waals surface area contributed by atoms with E-state index in [4.69, 9.17) is 18.5 Å². The molecule has 5 aromatic rings. The Morgan fingerprint density at radius 3 is 1.33 bits per heavy atom. The van der Waals surface area contributed by atoms with Crippen molar-refractivity contribution in [1.29, 1.82) is 0 Å². The molecule has 1 N–H and O–H groups in total. The van der Waals surface area contributed by atoms with E-state index in [1.807, 2.05) is 135 Å². The van der Waals surface area contributed by atoms with Crippen molar-refractivity contribution in [2.24, 2.45) is 0 Å². The number of pyridine rings is 1. The Hall–Kier alpha value is -3.94. The SMILES string of the molecule is CC1(C)O[C@@H]2[C@@H](O1)C(c1ccccc1)(c1ccccc1)OP(=O)([C@@H](O)c1cccnc1)OC2(c1ccccc1)c1ccccc1. The van der Waals surface area contributed by atoms with Crippen LogP contribution in [-0.4, -0.2) is 28.1 Å². The highest BCUT2D eigenvalue weighted by Crippen LogP contribution is 2.72. The fourth-order valence-corrected chi connectivity index (χ4v) is 8.82. The third kappa shape index (κ3) is 4.97. The molecule has 3 atom stereocenters. The predicted octanol–water partition coefficient (Wildman–Crippen LogP) is 7.72. The van der Waals surface area contributed by atoms with E-state index in [0.717, 1.165) is 0 Å². The topological polar surface area (TPSA) is 87.1 Å². The summed E-state index contributed by atoms with van der Waals surface area (Å²) in [7, 11) is -4.61. The Balaban J connectivity index is 1.61. The Morgan fingerprint density at radius 2 is 1.00 bits per heavy atom. The maximum absolute atomic E-state index is 15.8. The van der Waals surface area contributed by atoms with Gasteiger partial charge in [-0.2, -0.15) is 0 Å². The molecule has 0 aliphatic carbocycles. The molecule has 3 heterocycles. The van der Waals surface area contributed by atoms with Gasteiger partial charge in [-0.15, -0.1) is 0 Å². The normalized spacial score (nSPS) is 23.4. The van der Waals surface area contributed by atoms with E-state index in [0.29, 0.717) is 27.8 Å². The minimum Gasteiger partial charge on any atom is -0.376 e. The van der Waals surface area contributed by atoms with E-state index in [1.165, 1.54) is 6.20 Å². The van der Waals surface area contributed by atoms with E-state index < -0.39 is 42.6 Å². The number of benzene rings is 4. The lowest BCUT2D eigenvalue weighted by Gasteiger charge is -2.41. The van der Waals surface area contributed by atoms with Gasteiger partial charge in [0.2, 0.25) is 0 Å². The Kier molecular flexibility index (Phi) is 7.57. The van der Waals surface area contributed by atoms with E-state index in [2.05, 4.69) is 4.98 Å². The van der Waals surface area contributed by atoms with E-state index in [1.54, 1.807) is 18.3 Å².